The predicted molar refractivity (Wildman–Crippen MR) is 109 cm³/mol. The van der Waals surface area contributed by atoms with Crippen molar-refractivity contribution in [3.63, 3.8) is 0 Å². The summed E-state index contributed by atoms with van der Waals surface area (Å²) in [7, 11) is 0. The van der Waals surface area contributed by atoms with Gasteiger partial charge in [0.1, 0.15) is 28.6 Å². The van der Waals surface area contributed by atoms with Crippen LogP contribution in [0, 0.1) is 11.6 Å². The minimum atomic E-state index is -1.00. The fourth-order valence-electron chi connectivity index (χ4n) is 2.52. The second-order valence-corrected chi connectivity index (χ2v) is 7.51. The molecular formula is C23H21F2NO4. The maximum absolute atomic E-state index is 13.4. The molecule has 3 rings (SSSR count). The first kappa shape index (κ1) is 21.1. The lowest BCUT2D eigenvalue weighted by atomic mass is 10.1. The molecule has 0 fully saturated rings. The van der Waals surface area contributed by atoms with Gasteiger partial charge in [-0.3, -0.25) is 0 Å². The van der Waals surface area contributed by atoms with E-state index in [2.05, 4.69) is 0 Å². The smallest absolute Gasteiger partial charge is 0.340 e. The first-order valence-electron chi connectivity index (χ1n) is 9.14. The van der Waals surface area contributed by atoms with E-state index in [0.717, 1.165) is 12.1 Å². The van der Waals surface area contributed by atoms with Crippen molar-refractivity contribution in [3.8, 4) is 23.0 Å². The lowest BCUT2D eigenvalue weighted by Gasteiger charge is -2.20. The number of nitrogen functional groups attached to an aromatic ring is 1. The minimum Gasteiger partial charge on any atom is -0.457 e. The zero-order valence-corrected chi connectivity index (χ0v) is 16.7. The van der Waals surface area contributed by atoms with Crippen LogP contribution in [0.15, 0.2) is 60.7 Å². The van der Waals surface area contributed by atoms with Crippen molar-refractivity contribution in [2.45, 2.75) is 26.4 Å². The molecule has 0 amide bonds. The van der Waals surface area contributed by atoms with Gasteiger partial charge in [0.05, 0.1) is 5.56 Å². The number of esters is 1. The van der Waals surface area contributed by atoms with Crippen LogP contribution in [-0.4, -0.2) is 11.6 Å². The number of carbonyl (C=O) groups excluding carboxylic acids is 1. The van der Waals surface area contributed by atoms with E-state index < -0.39 is 23.2 Å². The van der Waals surface area contributed by atoms with Gasteiger partial charge in [-0.15, -0.1) is 0 Å². The standard InChI is InChI=1S/C23H21F2NO4/c1-23(2,3)30-22(27)18-12-16(8-10-21(18)26)28-14-5-4-6-15(11-14)29-17-7-9-19(24)20(25)13-17/h4-13H,26H2,1-3H3. The number of hydrogen-bond donors (Lipinski definition) is 1. The molecule has 0 atom stereocenters. The third kappa shape index (κ3) is 5.47. The molecule has 0 saturated carbocycles. The van der Waals surface area contributed by atoms with Gasteiger partial charge in [0.25, 0.3) is 0 Å². The van der Waals surface area contributed by atoms with E-state index in [-0.39, 0.29) is 17.0 Å². The molecule has 0 aliphatic carbocycles. The SMILES string of the molecule is CC(C)(C)OC(=O)c1cc(Oc2cccc(Oc3ccc(F)c(F)c3)c2)ccc1N. The van der Waals surface area contributed by atoms with Gasteiger partial charge in [0.15, 0.2) is 11.6 Å². The van der Waals surface area contributed by atoms with E-state index in [4.69, 9.17) is 19.9 Å². The third-order valence-electron chi connectivity index (χ3n) is 3.81. The molecule has 5 nitrogen and oxygen atoms in total. The summed E-state index contributed by atoms with van der Waals surface area (Å²) >= 11 is 0. The molecule has 0 spiro atoms. The summed E-state index contributed by atoms with van der Waals surface area (Å²) in [6.45, 7) is 5.29. The van der Waals surface area contributed by atoms with E-state index in [1.54, 1.807) is 57.2 Å². The highest BCUT2D eigenvalue weighted by Crippen LogP contribution is 2.30. The molecule has 7 heteroatoms. The van der Waals surface area contributed by atoms with Crippen molar-refractivity contribution in [3.05, 3.63) is 77.9 Å². The number of ether oxygens (including phenoxy) is 3. The molecule has 0 unspecified atom stereocenters. The second-order valence-electron chi connectivity index (χ2n) is 7.51. The number of hydrogen-bond acceptors (Lipinski definition) is 5. The van der Waals surface area contributed by atoms with Crippen molar-refractivity contribution >= 4 is 11.7 Å². The molecule has 0 bridgehead atoms. The van der Waals surface area contributed by atoms with Gasteiger partial charge in [0.2, 0.25) is 0 Å². The highest BCUT2D eigenvalue weighted by molar-refractivity contribution is 5.95. The zero-order chi connectivity index (χ0) is 21.9. The molecule has 0 aliphatic rings. The Morgan fingerprint density at radius 3 is 1.97 bits per heavy atom. The van der Waals surface area contributed by atoms with Gasteiger partial charge in [-0.25, -0.2) is 13.6 Å². The Kier molecular flexibility index (Phi) is 5.91. The quantitative estimate of drug-likeness (QED) is 0.405. The Morgan fingerprint density at radius 2 is 1.37 bits per heavy atom. The Morgan fingerprint density at radius 1 is 0.800 bits per heavy atom. The highest BCUT2D eigenvalue weighted by atomic mass is 19.2. The summed E-state index contributed by atoms with van der Waals surface area (Å²) in [5, 5.41) is 0. The van der Waals surface area contributed by atoms with Gasteiger partial charge >= 0.3 is 5.97 Å². The third-order valence-corrected chi connectivity index (χ3v) is 3.81. The van der Waals surface area contributed by atoms with Crippen molar-refractivity contribution in [1.29, 1.82) is 0 Å². The first-order chi connectivity index (χ1) is 14.1. The van der Waals surface area contributed by atoms with Crippen molar-refractivity contribution in [2.75, 3.05) is 5.73 Å². The van der Waals surface area contributed by atoms with Crippen LogP contribution in [0.25, 0.3) is 0 Å². The van der Waals surface area contributed by atoms with Crippen LogP contribution in [0.5, 0.6) is 23.0 Å². The van der Waals surface area contributed by atoms with E-state index in [1.807, 2.05) is 0 Å². The van der Waals surface area contributed by atoms with Crippen LogP contribution in [-0.2, 0) is 4.74 Å². The van der Waals surface area contributed by atoms with E-state index in [1.165, 1.54) is 12.1 Å². The summed E-state index contributed by atoms with van der Waals surface area (Å²) in [4.78, 5) is 12.4. The highest BCUT2D eigenvalue weighted by Gasteiger charge is 2.20. The molecule has 30 heavy (non-hydrogen) atoms. The fourth-order valence-corrected chi connectivity index (χ4v) is 2.52. The van der Waals surface area contributed by atoms with Gasteiger partial charge in [0, 0.05) is 17.8 Å². The average molecular weight is 413 g/mol. The monoisotopic (exact) mass is 413 g/mol. The molecule has 3 aromatic rings. The molecular weight excluding hydrogens is 392 g/mol. The van der Waals surface area contributed by atoms with Crippen LogP contribution in [0.4, 0.5) is 14.5 Å². The number of carbonyl (C=O) groups is 1. The molecule has 0 saturated heterocycles. The number of halogens is 2. The maximum atomic E-state index is 13.4. The molecule has 156 valence electrons. The second kappa shape index (κ2) is 8.41. The van der Waals surface area contributed by atoms with Crippen LogP contribution < -0.4 is 15.2 Å². The van der Waals surface area contributed by atoms with E-state index >= 15 is 0 Å². The zero-order valence-electron chi connectivity index (χ0n) is 16.7. The molecule has 0 heterocycles. The van der Waals surface area contributed by atoms with Crippen molar-refractivity contribution < 1.29 is 27.8 Å². The van der Waals surface area contributed by atoms with Gasteiger partial charge in [-0.2, -0.15) is 0 Å². The largest absolute Gasteiger partial charge is 0.457 e. The Bertz CT molecular complexity index is 1080. The number of benzene rings is 3. The molecule has 0 aromatic heterocycles. The summed E-state index contributed by atoms with van der Waals surface area (Å²) in [5.74, 6) is -1.22. The average Bonchev–Trinajstić information content (AvgIpc) is 2.65. The Balaban J connectivity index is 1.78. The van der Waals surface area contributed by atoms with Crippen LogP contribution in [0.1, 0.15) is 31.1 Å². The molecule has 2 N–H and O–H groups in total. The van der Waals surface area contributed by atoms with Gasteiger partial charge in [-0.05, 0) is 63.2 Å². The van der Waals surface area contributed by atoms with E-state index in [0.29, 0.717) is 17.2 Å². The molecule has 3 aromatic carbocycles. The van der Waals surface area contributed by atoms with E-state index in [9.17, 15) is 13.6 Å². The predicted octanol–water partition coefficient (Wildman–Crippen LogP) is 6.09. The number of anilines is 1. The van der Waals surface area contributed by atoms with Crippen LogP contribution in [0.2, 0.25) is 0 Å². The van der Waals surface area contributed by atoms with Crippen LogP contribution in [0.3, 0.4) is 0 Å². The van der Waals surface area contributed by atoms with Gasteiger partial charge < -0.3 is 19.9 Å². The number of rotatable bonds is 5. The lowest BCUT2D eigenvalue weighted by Crippen LogP contribution is -2.24. The topological polar surface area (TPSA) is 70.8 Å². The Labute approximate surface area is 173 Å². The fraction of sp³-hybridized carbons (Fsp3) is 0.174. The number of nitrogens with two attached hydrogens (primary N) is 1. The lowest BCUT2D eigenvalue weighted by molar-refractivity contribution is 0.00704. The summed E-state index contributed by atoms with van der Waals surface area (Å²) in [5.41, 5.74) is 5.70. The normalized spacial score (nSPS) is 11.1. The van der Waals surface area contributed by atoms with Crippen molar-refractivity contribution in [2.24, 2.45) is 0 Å². The molecule has 0 radical (unpaired) electrons. The first-order valence-corrected chi connectivity index (χ1v) is 9.14. The minimum absolute atomic E-state index is 0.144. The molecule has 0 aliphatic heterocycles. The summed E-state index contributed by atoms with van der Waals surface area (Å²) < 4.78 is 43.1. The van der Waals surface area contributed by atoms with Crippen LogP contribution >= 0.6 is 0 Å². The summed E-state index contributed by atoms with van der Waals surface area (Å²) in [6.07, 6.45) is 0. The summed E-state index contributed by atoms with van der Waals surface area (Å²) in [6, 6.07) is 14.5. The maximum Gasteiger partial charge on any atom is 0.340 e. The van der Waals surface area contributed by atoms with Crippen molar-refractivity contribution in [1.82, 2.24) is 0 Å². The Hall–Kier alpha value is -3.61. The van der Waals surface area contributed by atoms with Gasteiger partial charge in [-0.1, -0.05) is 6.07 Å².